The number of allylic oxidation sites excluding steroid dienone is 3. The Hall–Kier alpha value is -3.94. The zero-order chi connectivity index (χ0) is 23.7. The van der Waals surface area contributed by atoms with Crippen LogP contribution in [0.2, 0.25) is 0 Å². The number of rotatable bonds is 5. The molecule has 2 aromatic carbocycles. The summed E-state index contributed by atoms with van der Waals surface area (Å²) in [4.78, 5) is 37.1. The number of methoxy groups -OCH3 is 2. The molecule has 0 bridgehead atoms. The first-order valence-corrected chi connectivity index (χ1v) is 10.5. The summed E-state index contributed by atoms with van der Waals surface area (Å²) in [6.07, 6.45) is 0.776. The molecule has 1 heterocycles. The number of ketones is 1. The van der Waals surface area contributed by atoms with Crippen LogP contribution in [0, 0.1) is 10.1 Å². The Labute approximate surface area is 191 Å². The highest BCUT2D eigenvalue weighted by atomic mass is 16.6. The lowest BCUT2D eigenvalue weighted by Crippen LogP contribution is -2.36. The number of carbonyl (C=O) groups is 2. The van der Waals surface area contributed by atoms with Gasteiger partial charge in [0.05, 0.1) is 24.7 Å². The fraction of sp³-hybridized carbons (Fsp3) is 0.280. The second kappa shape index (κ2) is 8.90. The van der Waals surface area contributed by atoms with E-state index in [9.17, 15) is 19.7 Å². The summed E-state index contributed by atoms with van der Waals surface area (Å²) in [5.74, 6) is -0.835. The SMILES string of the molecule is COC(=O)C1=C(C)NC2=C(C(=O)C[C@H](c3ccccc3OC)C2)[C@@H]1c1cccc([N+](=O)[O-])c1. The molecule has 0 aromatic heterocycles. The van der Waals surface area contributed by atoms with Gasteiger partial charge in [0, 0.05) is 47.4 Å². The summed E-state index contributed by atoms with van der Waals surface area (Å²) in [6.45, 7) is 1.75. The van der Waals surface area contributed by atoms with Crippen molar-refractivity contribution in [2.75, 3.05) is 14.2 Å². The lowest BCUT2D eigenvalue weighted by molar-refractivity contribution is -0.384. The van der Waals surface area contributed by atoms with Crippen molar-refractivity contribution in [3.63, 3.8) is 0 Å². The monoisotopic (exact) mass is 448 g/mol. The van der Waals surface area contributed by atoms with Gasteiger partial charge in [-0.15, -0.1) is 0 Å². The number of para-hydroxylation sites is 1. The first-order chi connectivity index (χ1) is 15.8. The largest absolute Gasteiger partial charge is 0.496 e. The summed E-state index contributed by atoms with van der Waals surface area (Å²) in [5.41, 5.74) is 3.34. The molecule has 170 valence electrons. The average Bonchev–Trinajstić information content (AvgIpc) is 2.82. The zero-order valence-electron chi connectivity index (χ0n) is 18.6. The summed E-state index contributed by atoms with van der Waals surface area (Å²) in [7, 11) is 2.87. The number of hydrogen-bond donors (Lipinski definition) is 1. The summed E-state index contributed by atoms with van der Waals surface area (Å²) >= 11 is 0. The molecular weight excluding hydrogens is 424 g/mol. The number of hydrogen-bond acceptors (Lipinski definition) is 7. The predicted molar refractivity (Wildman–Crippen MR) is 121 cm³/mol. The Morgan fingerprint density at radius 3 is 2.58 bits per heavy atom. The van der Waals surface area contributed by atoms with Crippen LogP contribution in [-0.2, 0) is 14.3 Å². The third kappa shape index (κ3) is 4.00. The Morgan fingerprint density at radius 1 is 1.12 bits per heavy atom. The molecule has 0 fully saturated rings. The molecule has 2 atom stereocenters. The first kappa shape index (κ1) is 22.3. The van der Waals surface area contributed by atoms with E-state index in [0.29, 0.717) is 34.7 Å². The van der Waals surface area contributed by atoms with E-state index >= 15 is 0 Å². The molecule has 0 spiro atoms. The number of esters is 1. The van der Waals surface area contributed by atoms with Crippen LogP contribution >= 0.6 is 0 Å². The molecule has 0 amide bonds. The number of nitro benzene ring substituents is 1. The Kier molecular flexibility index (Phi) is 6.00. The smallest absolute Gasteiger partial charge is 0.336 e. The lowest BCUT2D eigenvalue weighted by atomic mass is 9.71. The second-order valence-corrected chi connectivity index (χ2v) is 8.10. The molecule has 0 saturated heterocycles. The maximum absolute atomic E-state index is 13.5. The number of nitrogens with zero attached hydrogens (tertiary/aromatic N) is 1. The number of ether oxygens (including phenoxy) is 2. The fourth-order valence-corrected chi connectivity index (χ4v) is 4.79. The van der Waals surface area contributed by atoms with Crippen molar-refractivity contribution in [3.05, 3.63) is 92.3 Å². The molecule has 0 saturated carbocycles. The Bertz CT molecular complexity index is 1210. The minimum absolute atomic E-state index is 0.0989. The van der Waals surface area contributed by atoms with Gasteiger partial charge in [0.2, 0.25) is 0 Å². The Morgan fingerprint density at radius 2 is 1.88 bits per heavy atom. The number of Topliss-reactive ketones (excluding diaryl/α,β-unsaturated/α-hetero) is 1. The first-order valence-electron chi connectivity index (χ1n) is 10.5. The normalized spacial score (nSPS) is 20.2. The van der Waals surface area contributed by atoms with Crippen molar-refractivity contribution < 1.29 is 24.0 Å². The lowest BCUT2D eigenvalue weighted by Gasteiger charge is -2.36. The van der Waals surface area contributed by atoms with Crippen LogP contribution in [-0.4, -0.2) is 30.9 Å². The maximum atomic E-state index is 13.5. The van der Waals surface area contributed by atoms with Gasteiger partial charge in [0.25, 0.3) is 5.69 Å². The van der Waals surface area contributed by atoms with Gasteiger partial charge >= 0.3 is 5.97 Å². The highest BCUT2D eigenvalue weighted by Crippen LogP contribution is 2.47. The molecule has 33 heavy (non-hydrogen) atoms. The molecule has 4 rings (SSSR count). The van der Waals surface area contributed by atoms with Crippen LogP contribution in [0.25, 0.3) is 0 Å². The van der Waals surface area contributed by atoms with E-state index in [1.165, 1.54) is 19.2 Å². The minimum atomic E-state index is -0.750. The molecule has 8 nitrogen and oxygen atoms in total. The van der Waals surface area contributed by atoms with Crippen molar-refractivity contribution >= 4 is 17.4 Å². The molecule has 0 unspecified atom stereocenters. The standard InChI is InChI=1S/C25H24N2O6/c1-14-22(25(29)33-3)23(15-7-6-8-17(11-15)27(30)31)24-19(26-14)12-16(13-20(24)28)18-9-4-5-10-21(18)32-2/h4-11,16,23,26H,12-13H2,1-3H3/t16-,23-/m1/s1. The maximum Gasteiger partial charge on any atom is 0.336 e. The number of nitro groups is 1. The zero-order valence-corrected chi connectivity index (χ0v) is 18.6. The van der Waals surface area contributed by atoms with Gasteiger partial charge in [-0.2, -0.15) is 0 Å². The highest BCUT2D eigenvalue weighted by Gasteiger charge is 2.42. The second-order valence-electron chi connectivity index (χ2n) is 8.10. The van der Waals surface area contributed by atoms with Gasteiger partial charge in [0.1, 0.15) is 5.75 Å². The van der Waals surface area contributed by atoms with Crippen LogP contribution in [0.4, 0.5) is 5.69 Å². The third-order valence-corrected chi connectivity index (χ3v) is 6.23. The van der Waals surface area contributed by atoms with Gasteiger partial charge in [0.15, 0.2) is 5.78 Å². The van der Waals surface area contributed by atoms with Crippen LogP contribution in [0.5, 0.6) is 5.75 Å². The number of non-ortho nitro benzene ring substituents is 1. The van der Waals surface area contributed by atoms with E-state index in [0.717, 1.165) is 5.56 Å². The van der Waals surface area contributed by atoms with Gasteiger partial charge in [-0.25, -0.2) is 4.79 Å². The molecule has 2 aliphatic rings. The molecule has 0 radical (unpaired) electrons. The van der Waals surface area contributed by atoms with Gasteiger partial charge in [-0.3, -0.25) is 14.9 Å². The van der Waals surface area contributed by atoms with Crippen molar-refractivity contribution in [1.29, 1.82) is 0 Å². The molecule has 1 aliphatic heterocycles. The van der Waals surface area contributed by atoms with Crippen molar-refractivity contribution in [2.24, 2.45) is 0 Å². The summed E-state index contributed by atoms with van der Waals surface area (Å²) in [5, 5.41) is 14.6. The van der Waals surface area contributed by atoms with Crippen LogP contribution in [0.3, 0.4) is 0 Å². The van der Waals surface area contributed by atoms with Crippen LogP contribution < -0.4 is 10.1 Å². The number of benzene rings is 2. The van der Waals surface area contributed by atoms with E-state index in [1.807, 2.05) is 24.3 Å². The minimum Gasteiger partial charge on any atom is -0.496 e. The topological polar surface area (TPSA) is 108 Å². The molecule has 8 heteroatoms. The van der Waals surface area contributed by atoms with E-state index in [4.69, 9.17) is 9.47 Å². The van der Waals surface area contributed by atoms with E-state index < -0.39 is 16.8 Å². The quantitative estimate of drug-likeness (QED) is 0.416. The third-order valence-electron chi connectivity index (χ3n) is 6.23. The van der Waals surface area contributed by atoms with Crippen molar-refractivity contribution in [3.8, 4) is 5.75 Å². The van der Waals surface area contributed by atoms with Gasteiger partial charge in [-0.05, 0) is 30.5 Å². The van der Waals surface area contributed by atoms with Crippen molar-refractivity contribution in [1.82, 2.24) is 5.32 Å². The van der Waals surface area contributed by atoms with E-state index in [1.54, 1.807) is 26.2 Å². The van der Waals surface area contributed by atoms with Crippen LogP contribution in [0.15, 0.2) is 71.1 Å². The highest BCUT2D eigenvalue weighted by molar-refractivity contribution is 6.04. The molecule has 2 aromatic rings. The van der Waals surface area contributed by atoms with Gasteiger partial charge in [-0.1, -0.05) is 30.3 Å². The Balaban J connectivity index is 1.84. The number of carbonyl (C=O) groups excluding carboxylic acids is 2. The fourth-order valence-electron chi connectivity index (χ4n) is 4.79. The predicted octanol–water partition coefficient (Wildman–Crippen LogP) is 4.14. The number of nitrogens with one attached hydrogen (secondary N) is 1. The summed E-state index contributed by atoms with van der Waals surface area (Å²) in [6, 6.07) is 13.7. The molecule has 1 N–H and O–H groups in total. The van der Waals surface area contributed by atoms with E-state index in [-0.39, 0.29) is 29.4 Å². The van der Waals surface area contributed by atoms with E-state index in [2.05, 4.69) is 5.32 Å². The molecule has 1 aliphatic carbocycles. The van der Waals surface area contributed by atoms with Gasteiger partial charge < -0.3 is 14.8 Å². The number of dihydropyridines is 1. The average molecular weight is 448 g/mol. The van der Waals surface area contributed by atoms with Crippen molar-refractivity contribution in [2.45, 2.75) is 31.6 Å². The summed E-state index contributed by atoms with van der Waals surface area (Å²) < 4.78 is 10.5. The van der Waals surface area contributed by atoms with Crippen LogP contribution in [0.1, 0.15) is 42.7 Å². The molecular formula is C25H24N2O6.